The molecule has 2 aromatic carbocycles. The van der Waals surface area contributed by atoms with Crippen LogP contribution in [0.3, 0.4) is 0 Å². The first-order valence-electron chi connectivity index (χ1n) is 10.3. The van der Waals surface area contributed by atoms with Crippen molar-refractivity contribution >= 4 is 5.97 Å². The van der Waals surface area contributed by atoms with Crippen LogP contribution in [0.15, 0.2) is 54.6 Å². The lowest BCUT2D eigenvalue weighted by Gasteiger charge is -2.24. The third-order valence-electron chi connectivity index (χ3n) is 4.90. The van der Waals surface area contributed by atoms with Crippen molar-refractivity contribution in [2.24, 2.45) is 0 Å². The highest BCUT2D eigenvalue weighted by atomic mass is 16.5. The zero-order chi connectivity index (χ0) is 20.2. The Morgan fingerprint density at radius 1 is 0.964 bits per heavy atom. The maximum atomic E-state index is 11.8. The molecule has 4 heteroatoms. The number of hydrogen-bond acceptors (Lipinski definition) is 3. The normalized spacial score (nSPS) is 13.1. The van der Waals surface area contributed by atoms with Crippen LogP contribution in [-0.2, 0) is 16.1 Å². The zero-order valence-corrected chi connectivity index (χ0v) is 17.0. The Morgan fingerprint density at radius 2 is 1.68 bits per heavy atom. The molecule has 0 aliphatic rings. The number of carbonyl (C=O) groups is 1. The summed E-state index contributed by atoms with van der Waals surface area (Å²) in [5, 5.41) is 9.65. The lowest BCUT2D eigenvalue weighted by Crippen LogP contribution is -2.31. The lowest BCUT2D eigenvalue weighted by molar-refractivity contribution is -0.152. The molecule has 2 atom stereocenters. The summed E-state index contributed by atoms with van der Waals surface area (Å²) in [5.41, 5.74) is 2.08. The second-order valence-electron chi connectivity index (χ2n) is 7.05. The number of carboxylic acid groups (broad SMARTS) is 1. The molecule has 2 rings (SSSR count). The van der Waals surface area contributed by atoms with Gasteiger partial charge in [0.2, 0.25) is 0 Å². The third kappa shape index (κ3) is 7.01. The minimum absolute atomic E-state index is 0.174. The molecule has 0 saturated heterocycles. The monoisotopic (exact) mass is 384 g/mol. The molecule has 0 saturated carbocycles. The summed E-state index contributed by atoms with van der Waals surface area (Å²) in [4.78, 5) is 11.8. The van der Waals surface area contributed by atoms with Gasteiger partial charge in [-0.15, -0.1) is 0 Å². The van der Waals surface area contributed by atoms with Crippen molar-refractivity contribution in [1.82, 2.24) is 0 Å². The average Bonchev–Trinajstić information content (AvgIpc) is 2.72. The minimum atomic E-state index is -0.897. The largest absolute Gasteiger partial charge is 0.489 e. The van der Waals surface area contributed by atoms with Crippen molar-refractivity contribution in [3.63, 3.8) is 0 Å². The standard InChI is InChI=1S/C24H32O4/c1-3-5-6-10-17-27-23(24(25)26)22(4-2)20-13-15-21(16-14-20)28-18-19-11-8-7-9-12-19/h7-9,11-16,22-23H,3-6,10,17-18H2,1-2H3,(H,25,26). The Hall–Kier alpha value is -2.33. The molecule has 0 aromatic heterocycles. The summed E-state index contributed by atoms with van der Waals surface area (Å²) in [7, 11) is 0. The molecular weight excluding hydrogens is 352 g/mol. The predicted octanol–water partition coefficient (Wildman–Crippen LogP) is 5.81. The first-order valence-corrected chi connectivity index (χ1v) is 10.3. The van der Waals surface area contributed by atoms with E-state index in [2.05, 4.69) is 6.92 Å². The molecule has 0 heterocycles. The van der Waals surface area contributed by atoms with Crippen LogP contribution in [0.4, 0.5) is 0 Å². The van der Waals surface area contributed by atoms with Crippen molar-refractivity contribution < 1.29 is 19.4 Å². The van der Waals surface area contributed by atoms with Gasteiger partial charge in [-0.25, -0.2) is 4.79 Å². The smallest absolute Gasteiger partial charge is 0.333 e. The Bertz CT molecular complexity index is 682. The Balaban J connectivity index is 1.95. The molecule has 0 aliphatic heterocycles. The number of unbranched alkanes of at least 4 members (excludes halogenated alkanes) is 3. The van der Waals surface area contributed by atoms with Gasteiger partial charge in [-0.2, -0.15) is 0 Å². The average molecular weight is 385 g/mol. The quantitative estimate of drug-likeness (QED) is 0.443. The Morgan fingerprint density at radius 3 is 2.29 bits per heavy atom. The Kier molecular flexibility index (Phi) is 9.56. The molecule has 0 aliphatic carbocycles. The number of hydrogen-bond donors (Lipinski definition) is 1. The molecule has 4 nitrogen and oxygen atoms in total. The van der Waals surface area contributed by atoms with E-state index in [0.29, 0.717) is 19.6 Å². The van der Waals surface area contributed by atoms with E-state index in [0.717, 1.165) is 42.6 Å². The number of carboxylic acids is 1. The zero-order valence-electron chi connectivity index (χ0n) is 17.0. The van der Waals surface area contributed by atoms with Crippen LogP contribution in [0.25, 0.3) is 0 Å². The first-order chi connectivity index (χ1) is 13.7. The molecule has 0 fully saturated rings. The molecule has 0 amide bonds. The van der Waals surface area contributed by atoms with Crippen LogP contribution in [0.1, 0.15) is 63.0 Å². The minimum Gasteiger partial charge on any atom is -0.489 e. The van der Waals surface area contributed by atoms with Crippen molar-refractivity contribution in [2.45, 2.75) is 64.6 Å². The molecular formula is C24H32O4. The van der Waals surface area contributed by atoms with E-state index >= 15 is 0 Å². The summed E-state index contributed by atoms with van der Waals surface area (Å²) >= 11 is 0. The summed E-state index contributed by atoms with van der Waals surface area (Å²) < 4.78 is 11.6. The number of benzene rings is 2. The molecule has 2 aromatic rings. The second kappa shape index (κ2) is 12.2. The highest BCUT2D eigenvalue weighted by molar-refractivity contribution is 5.73. The fourth-order valence-electron chi connectivity index (χ4n) is 3.28. The fourth-order valence-corrected chi connectivity index (χ4v) is 3.28. The van der Waals surface area contributed by atoms with Gasteiger partial charge < -0.3 is 14.6 Å². The molecule has 1 N–H and O–H groups in total. The van der Waals surface area contributed by atoms with Crippen LogP contribution in [0, 0.1) is 0 Å². The van der Waals surface area contributed by atoms with Gasteiger partial charge in [-0.3, -0.25) is 0 Å². The van der Waals surface area contributed by atoms with Crippen molar-refractivity contribution in [3.8, 4) is 5.75 Å². The number of rotatable bonds is 13. The molecule has 152 valence electrons. The predicted molar refractivity (Wildman–Crippen MR) is 112 cm³/mol. The molecule has 2 unspecified atom stereocenters. The van der Waals surface area contributed by atoms with Gasteiger partial charge >= 0.3 is 5.97 Å². The first kappa shape index (κ1) is 22.0. The van der Waals surface area contributed by atoms with Gasteiger partial charge in [0.1, 0.15) is 12.4 Å². The van der Waals surface area contributed by atoms with Crippen LogP contribution in [-0.4, -0.2) is 23.8 Å². The number of ether oxygens (including phenoxy) is 2. The maximum Gasteiger partial charge on any atom is 0.333 e. The van der Waals surface area contributed by atoms with E-state index in [1.807, 2.05) is 61.5 Å². The summed E-state index contributed by atoms with van der Waals surface area (Å²) in [6.45, 7) is 5.16. The van der Waals surface area contributed by atoms with Crippen LogP contribution < -0.4 is 4.74 Å². The van der Waals surface area contributed by atoms with E-state index in [1.165, 1.54) is 0 Å². The third-order valence-corrected chi connectivity index (χ3v) is 4.90. The summed E-state index contributed by atoms with van der Waals surface area (Å²) in [6.07, 6.45) is 4.17. The van der Waals surface area contributed by atoms with Gasteiger partial charge in [0.25, 0.3) is 0 Å². The molecule has 0 bridgehead atoms. The molecule has 0 spiro atoms. The fraction of sp³-hybridized carbons (Fsp3) is 0.458. The van der Waals surface area contributed by atoms with E-state index < -0.39 is 12.1 Å². The summed E-state index contributed by atoms with van der Waals surface area (Å²) in [5.74, 6) is -0.298. The van der Waals surface area contributed by atoms with E-state index in [1.54, 1.807) is 0 Å². The SMILES string of the molecule is CCCCCCOC(C(=O)O)C(CC)c1ccc(OCc2ccccc2)cc1. The van der Waals surface area contributed by atoms with Crippen LogP contribution >= 0.6 is 0 Å². The van der Waals surface area contributed by atoms with Crippen molar-refractivity contribution in [3.05, 3.63) is 65.7 Å². The van der Waals surface area contributed by atoms with Crippen molar-refractivity contribution in [2.75, 3.05) is 6.61 Å². The highest BCUT2D eigenvalue weighted by Gasteiger charge is 2.29. The maximum absolute atomic E-state index is 11.8. The lowest BCUT2D eigenvalue weighted by atomic mass is 9.90. The van der Waals surface area contributed by atoms with Crippen LogP contribution in [0.5, 0.6) is 5.75 Å². The van der Waals surface area contributed by atoms with Crippen LogP contribution in [0.2, 0.25) is 0 Å². The van der Waals surface area contributed by atoms with Gasteiger partial charge in [-0.05, 0) is 36.1 Å². The van der Waals surface area contributed by atoms with E-state index in [-0.39, 0.29) is 5.92 Å². The number of aliphatic carboxylic acids is 1. The van der Waals surface area contributed by atoms with Gasteiger partial charge in [0.15, 0.2) is 6.10 Å². The highest BCUT2D eigenvalue weighted by Crippen LogP contribution is 2.28. The van der Waals surface area contributed by atoms with E-state index in [4.69, 9.17) is 9.47 Å². The van der Waals surface area contributed by atoms with Gasteiger partial charge in [0.05, 0.1) is 0 Å². The molecule has 28 heavy (non-hydrogen) atoms. The Labute approximate surface area is 168 Å². The van der Waals surface area contributed by atoms with E-state index in [9.17, 15) is 9.90 Å². The topological polar surface area (TPSA) is 55.8 Å². The van der Waals surface area contributed by atoms with Crippen molar-refractivity contribution in [1.29, 1.82) is 0 Å². The summed E-state index contributed by atoms with van der Waals surface area (Å²) in [6, 6.07) is 17.7. The second-order valence-corrected chi connectivity index (χ2v) is 7.05. The van der Waals surface area contributed by atoms with Gasteiger partial charge in [0, 0.05) is 12.5 Å². The molecule has 0 radical (unpaired) electrons. The van der Waals surface area contributed by atoms with Gasteiger partial charge in [-0.1, -0.05) is 75.6 Å².